The lowest BCUT2D eigenvalue weighted by Crippen LogP contribution is -1.99. The van der Waals surface area contributed by atoms with Crippen LogP contribution in [0.2, 0.25) is 0 Å². The fraction of sp³-hybridized carbons (Fsp3) is 1.00. The molecule has 0 aliphatic carbocycles. The van der Waals surface area contributed by atoms with E-state index in [2.05, 4.69) is 27.7 Å². The summed E-state index contributed by atoms with van der Waals surface area (Å²) >= 11 is 0. The quantitative estimate of drug-likeness (QED) is 0.177. The summed E-state index contributed by atoms with van der Waals surface area (Å²) in [7, 11) is 0. The van der Waals surface area contributed by atoms with E-state index in [0.29, 0.717) is 0 Å². The Hall–Kier alpha value is 0. The molecule has 0 heterocycles. The van der Waals surface area contributed by atoms with Crippen LogP contribution in [0.15, 0.2) is 0 Å². The molecular formula is C26H54. The zero-order chi connectivity index (χ0) is 19.3. The number of unbranched alkanes of at least 4 members (excludes halogenated alkanes) is 17. The molecule has 0 spiro atoms. The van der Waals surface area contributed by atoms with Crippen LogP contribution in [0.5, 0.6) is 0 Å². The molecule has 0 rings (SSSR count). The molecule has 0 aromatic rings. The Balaban J connectivity index is 3.05. The number of hydrogen-bond acceptors (Lipinski definition) is 0. The van der Waals surface area contributed by atoms with Crippen molar-refractivity contribution in [2.45, 2.75) is 156 Å². The van der Waals surface area contributed by atoms with Gasteiger partial charge in [0, 0.05) is 0 Å². The van der Waals surface area contributed by atoms with E-state index in [9.17, 15) is 0 Å². The Kier molecular flexibility index (Phi) is 21.3. The van der Waals surface area contributed by atoms with E-state index in [1.807, 2.05) is 0 Å². The highest BCUT2D eigenvalue weighted by Crippen LogP contribution is 2.19. The topological polar surface area (TPSA) is 0 Å². The first-order chi connectivity index (χ1) is 12.7. The highest BCUT2D eigenvalue weighted by molar-refractivity contribution is 4.57. The third-order valence-corrected chi connectivity index (χ3v) is 5.92. The third-order valence-electron chi connectivity index (χ3n) is 5.92. The van der Waals surface area contributed by atoms with E-state index in [1.54, 1.807) is 0 Å². The molecule has 0 aliphatic heterocycles. The fourth-order valence-corrected chi connectivity index (χ4v) is 4.32. The van der Waals surface area contributed by atoms with Gasteiger partial charge in [0.05, 0.1) is 0 Å². The molecular weight excluding hydrogens is 312 g/mol. The Labute approximate surface area is 168 Å². The van der Waals surface area contributed by atoms with E-state index in [1.165, 1.54) is 128 Å². The van der Waals surface area contributed by atoms with Gasteiger partial charge in [-0.25, -0.2) is 0 Å². The van der Waals surface area contributed by atoms with Crippen LogP contribution in [0.3, 0.4) is 0 Å². The Morgan fingerprint density at radius 1 is 0.423 bits per heavy atom. The highest BCUT2D eigenvalue weighted by Gasteiger charge is 2.04. The van der Waals surface area contributed by atoms with Crippen molar-refractivity contribution < 1.29 is 0 Å². The van der Waals surface area contributed by atoms with E-state index in [4.69, 9.17) is 0 Å². The van der Waals surface area contributed by atoms with E-state index < -0.39 is 0 Å². The lowest BCUT2D eigenvalue weighted by molar-refractivity contribution is 0.397. The van der Waals surface area contributed by atoms with Gasteiger partial charge in [-0.05, 0) is 18.3 Å². The first-order valence-electron chi connectivity index (χ1n) is 12.7. The predicted molar refractivity (Wildman–Crippen MR) is 122 cm³/mol. The summed E-state index contributed by atoms with van der Waals surface area (Å²) in [5.74, 6) is 1.82. The second kappa shape index (κ2) is 21.3. The molecule has 0 aromatic heterocycles. The highest BCUT2D eigenvalue weighted by atomic mass is 14.1. The van der Waals surface area contributed by atoms with Crippen LogP contribution in [0.4, 0.5) is 0 Å². The van der Waals surface area contributed by atoms with Gasteiger partial charge in [0.25, 0.3) is 0 Å². The van der Waals surface area contributed by atoms with Gasteiger partial charge in [-0.15, -0.1) is 0 Å². The maximum Gasteiger partial charge on any atom is -0.0440 e. The molecule has 26 heavy (non-hydrogen) atoms. The Morgan fingerprint density at radius 3 is 1.04 bits per heavy atom. The molecule has 0 saturated carbocycles. The molecule has 158 valence electrons. The van der Waals surface area contributed by atoms with Gasteiger partial charge >= 0.3 is 0 Å². The van der Waals surface area contributed by atoms with Crippen molar-refractivity contribution in [1.82, 2.24) is 0 Å². The second-order valence-corrected chi connectivity index (χ2v) is 9.53. The summed E-state index contributed by atoms with van der Waals surface area (Å²) < 4.78 is 0. The maximum absolute atomic E-state index is 2.44. The largest absolute Gasteiger partial charge is 0.0654 e. The van der Waals surface area contributed by atoms with Gasteiger partial charge in [0.1, 0.15) is 0 Å². The van der Waals surface area contributed by atoms with Crippen molar-refractivity contribution in [3.63, 3.8) is 0 Å². The minimum absolute atomic E-state index is 0.876. The van der Waals surface area contributed by atoms with Crippen molar-refractivity contribution in [3.8, 4) is 0 Å². The summed E-state index contributed by atoms with van der Waals surface area (Å²) in [6.07, 6.45) is 29.4. The average Bonchev–Trinajstić information content (AvgIpc) is 2.60. The standard InChI is InChI=1S/C26H54/c1-5-6-7-8-9-10-11-12-13-14-15-16-17-18-19-20-21-22-23-26(4)24-25(2)3/h25-26H,5-24H2,1-4H3. The molecule has 0 amide bonds. The van der Waals surface area contributed by atoms with Crippen LogP contribution in [0.1, 0.15) is 156 Å². The van der Waals surface area contributed by atoms with Crippen molar-refractivity contribution in [3.05, 3.63) is 0 Å². The lowest BCUT2D eigenvalue weighted by Gasteiger charge is -2.13. The normalized spacial score (nSPS) is 12.8. The van der Waals surface area contributed by atoms with Crippen LogP contribution in [0, 0.1) is 11.8 Å². The van der Waals surface area contributed by atoms with Gasteiger partial charge in [-0.2, -0.15) is 0 Å². The average molecular weight is 367 g/mol. The minimum atomic E-state index is 0.876. The first-order valence-corrected chi connectivity index (χ1v) is 12.7. The van der Waals surface area contributed by atoms with Gasteiger partial charge in [-0.3, -0.25) is 0 Å². The van der Waals surface area contributed by atoms with Crippen LogP contribution in [0.25, 0.3) is 0 Å². The van der Waals surface area contributed by atoms with Gasteiger partial charge in [0.2, 0.25) is 0 Å². The van der Waals surface area contributed by atoms with E-state index in [0.717, 1.165) is 11.8 Å². The lowest BCUT2D eigenvalue weighted by atomic mass is 9.93. The SMILES string of the molecule is CCCCCCCCCCCCCCCCCCCCC(C)CC(C)C. The van der Waals surface area contributed by atoms with Crippen molar-refractivity contribution >= 4 is 0 Å². The molecule has 0 fully saturated rings. The van der Waals surface area contributed by atoms with Gasteiger partial charge in [0.15, 0.2) is 0 Å². The first kappa shape index (κ1) is 26.0. The molecule has 0 aromatic carbocycles. The monoisotopic (exact) mass is 366 g/mol. The molecule has 1 unspecified atom stereocenters. The minimum Gasteiger partial charge on any atom is -0.0654 e. The maximum atomic E-state index is 2.44. The Morgan fingerprint density at radius 2 is 0.731 bits per heavy atom. The van der Waals surface area contributed by atoms with Crippen LogP contribution in [-0.2, 0) is 0 Å². The molecule has 1 atom stereocenters. The van der Waals surface area contributed by atoms with Gasteiger partial charge < -0.3 is 0 Å². The van der Waals surface area contributed by atoms with E-state index >= 15 is 0 Å². The molecule has 0 nitrogen and oxygen atoms in total. The zero-order valence-electron chi connectivity index (χ0n) is 19.3. The molecule has 0 aliphatic rings. The third kappa shape index (κ3) is 22.0. The zero-order valence-corrected chi connectivity index (χ0v) is 19.3. The number of hydrogen-bond donors (Lipinski definition) is 0. The molecule has 0 bridgehead atoms. The molecule has 0 saturated heterocycles. The van der Waals surface area contributed by atoms with Crippen LogP contribution < -0.4 is 0 Å². The van der Waals surface area contributed by atoms with Crippen molar-refractivity contribution in [1.29, 1.82) is 0 Å². The van der Waals surface area contributed by atoms with Crippen molar-refractivity contribution in [2.75, 3.05) is 0 Å². The van der Waals surface area contributed by atoms with Gasteiger partial charge in [-0.1, -0.05) is 150 Å². The Bertz CT molecular complexity index is 242. The predicted octanol–water partition coefficient (Wildman–Crippen LogP) is 10.1. The smallest absolute Gasteiger partial charge is 0.0440 e. The van der Waals surface area contributed by atoms with Crippen LogP contribution >= 0.6 is 0 Å². The molecule has 0 heteroatoms. The summed E-state index contributed by atoms with van der Waals surface area (Å²) in [4.78, 5) is 0. The summed E-state index contributed by atoms with van der Waals surface area (Å²) in [5.41, 5.74) is 0. The second-order valence-electron chi connectivity index (χ2n) is 9.53. The fourth-order valence-electron chi connectivity index (χ4n) is 4.32. The van der Waals surface area contributed by atoms with Crippen molar-refractivity contribution in [2.24, 2.45) is 11.8 Å². The molecule has 0 radical (unpaired) electrons. The number of rotatable bonds is 21. The van der Waals surface area contributed by atoms with Crippen LogP contribution in [-0.4, -0.2) is 0 Å². The summed E-state index contributed by atoms with van der Waals surface area (Å²) in [5, 5.41) is 0. The summed E-state index contributed by atoms with van der Waals surface area (Å²) in [6, 6.07) is 0. The summed E-state index contributed by atoms with van der Waals surface area (Å²) in [6.45, 7) is 9.45. The van der Waals surface area contributed by atoms with E-state index in [-0.39, 0.29) is 0 Å². The molecule has 0 N–H and O–H groups in total.